The second-order valence-corrected chi connectivity index (χ2v) is 9.49. The van der Waals surface area contributed by atoms with E-state index in [4.69, 9.17) is 0 Å². The van der Waals surface area contributed by atoms with Crippen LogP contribution < -0.4 is 10.0 Å². The molecule has 0 atom stereocenters. The average molecular weight is 395 g/mol. The summed E-state index contributed by atoms with van der Waals surface area (Å²) in [5, 5.41) is 2.91. The molecule has 0 saturated heterocycles. The highest BCUT2D eigenvalue weighted by atomic mass is 32.2. The Labute approximate surface area is 159 Å². The minimum atomic E-state index is -3.33. The first-order valence-electron chi connectivity index (χ1n) is 8.65. The highest BCUT2D eigenvalue weighted by Crippen LogP contribution is 2.22. The van der Waals surface area contributed by atoms with Gasteiger partial charge in [-0.3, -0.25) is 4.79 Å². The summed E-state index contributed by atoms with van der Waals surface area (Å²) in [5.74, 6) is -0.128. The summed E-state index contributed by atoms with van der Waals surface area (Å²) < 4.78 is 26.5. The van der Waals surface area contributed by atoms with E-state index in [0.717, 1.165) is 28.0 Å². The topological polar surface area (TPSA) is 75.3 Å². The second-order valence-electron chi connectivity index (χ2n) is 6.60. The van der Waals surface area contributed by atoms with Gasteiger partial charge in [-0.05, 0) is 49.9 Å². The number of aryl methyl sites for hydroxylation is 2. The molecule has 142 valence electrons. The van der Waals surface area contributed by atoms with E-state index in [-0.39, 0.29) is 17.7 Å². The van der Waals surface area contributed by atoms with E-state index in [1.54, 1.807) is 26.0 Å². The Morgan fingerprint density at radius 1 is 1.15 bits per heavy atom. The van der Waals surface area contributed by atoms with Crippen LogP contribution >= 0.6 is 11.3 Å². The number of sulfonamides is 1. The number of amides is 1. The fraction of sp³-hybridized carbons (Fsp3) is 0.421. The van der Waals surface area contributed by atoms with Crippen molar-refractivity contribution in [3.05, 3.63) is 56.8 Å². The maximum absolute atomic E-state index is 12.3. The van der Waals surface area contributed by atoms with Gasteiger partial charge in [0, 0.05) is 17.5 Å². The van der Waals surface area contributed by atoms with Gasteiger partial charge in [-0.1, -0.05) is 31.2 Å². The highest BCUT2D eigenvalue weighted by Gasteiger charge is 2.13. The first-order chi connectivity index (χ1) is 12.2. The third-order valence-corrected chi connectivity index (χ3v) is 6.74. The Hall–Kier alpha value is -1.70. The number of thiophene rings is 1. The van der Waals surface area contributed by atoms with Gasteiger partial charge in [0.05, 0.1) is 10.6 Å². The molecule has 0 spiro atoms. The van der Waals surface area contributed by atoms with Crippen molar-refractivity contribution in [1.29, 1.82) is 0 Å². The molecule has 7 heteroatoms. The maximum atomic E-state index is 12.3. The normalized spacial score (nSPS) is 11.7. The molecule has 1 amide bonds. The van der Waals surface area contributed by atoms with Crippen molar-refractivity contribution in [1.82, 2.24) is 10.0 Å². The van der Waals surface area contributed by atoms with E-state index in [2.05, 4.69) is 17.0 Å². The molecule has 1 aromatic carbocycles. The molecular weight excluding hydrogens is 368 g/mol. The lowest BCUT2D eigenvalue weighted by molar-refractivity contribution is 0.0955. The number of rotatable bonds is 8. The van der Waals surface area contributed by atoms with Crippen LogP contribution in [0.25, 0.3) is 0 Å². The quantitative estimate of drug-likeness (QED) is 0.721. The minimum absolute atomic E-state index is 0.0495. The Morgan fingerprint density at radius 3 is 2.31 bits per heavy atom. The number of hydrogen-bond acceptors (Lipinski definition) is 4. The fourth-order valence-electron chi connectivity index (χ4n) is 2.63. The molecule has 1 heterocycles. The van der Waals surface area contributed by atoms with Crippen LogP contribution in [0.5, 0.6) is 0 Å². The number of carbonyl (C=O) groups excluding carboxylic acids is 1. The highest BCUT2D eigenvalue weighted by molar-refractivity contribution is 7.88. The van der Waals surface area contributed by atoms with Gasteiger partial charge in [0.1, 0.15) is 0 Å². The van der Waals surface area contributed by atoms with Crippen LogP contribution in [-0.4, -0.2) is 20.4 Å². The second kappa shape index (κ2) is 8.79. The zero-order chi connectivity index (χ0) is 19.3. The summed E-state index contributed by atoms with van der Waals surface area (Å²) in [7, 11) is -3.33. The summed E-state index contributed by atoms with van der Waals surface area (Å²) in [5.41, 5.74) is 2.80. The molecule has 2 N–H and O–H groups in total. The first-order valence-corrected chi connectivity index (χ1v) is 11.1. The molecule has 0 saturated carbocycles. The fourth-order valence-corrected chi connectivity index (χ4v) is 5.09. The predicted octanol–water partition coefficient (Wildman–Crippen LogP) is 3.38. The Balaban J connectivity index is 1.93. The maximum Gasteiger partial charge on any atom is 0.261 e. The lowest BCUT2D eigenvalue weighted by atomic mass is 10.1. The van der Waals surface area contributed by atoms with Gasteiger partial charge in [-0.15, -0.1) is 11.3 Å². The van der Waals surface area contributed by atoms with Crippen molar-refractivity contribution >= 4 is 27.3 Å². The molecule has 26 heavy (non-hydrogen) atoms. The van der Waals surface area contributed by atoms with Crippen LogP contribution in [-0.2, 0) is 28.7 Å². The monoisotopic (exact) mass is 394 g/mol. The molecule has 0 radical (unpaired) electrons. The number of benzene rings is 1. The standard InChI is InChI=1S/C19H26N2O3S2/c1-5-17-14(4)10-18(25-17)19(22)20-11-15-6-8-16(9-7-15)12-26(23,24)21-13(2)3/h6-10,13,21H,5,11-12H2,1-4H3,(H,20,22). The van der Waals surface area contributed by atoms with Crippen molar-refractivity contribution in [2.75, 3.05) is 0 Å². The molecule has 0 aliphatic carbocycles. The summed E-state index contributed by atoms with van der Waals surface area (Å²) >= 11 is 1.53. The van der Waals surface area contributed by atoms with Gasteiger partial charge in [-0.25, -0.2) is 13.1 Å². The molecule has 0 bridgehead atoms. The first kappa shape index (κ1) is 20.6. The summed E-state index contributed by atoms with van der Waals surface area (Å²) in [6, 6.07) is 9.06. The Morgan fingerprint density at radius 2 is 1.77 bits per heavy atom. The van der Waals surface area contributed by atoms with E-state index in [0.29, 0.717) is 6.54 Å². The van der Waals surface area contributed by atoms with Gasteiger partial charge < -0.3 is 5.32 Å². The van der Waals surface area contributed by atoms with Crippen LogP contribution in [0.15, 0.2) is 30.3 Å². The van der Waals surface area contributed by atoms with Crippen LogP contribution in [0.2, 0.25) is 0 Å². The summed E-state index contributed by atoms with van der Waals surface area (Å²) in [6.45, 7) is 8.10. The van der Waals surface area contributed by atoms with E-state index in [1.807, 2.05) is 25.1 Å². The van der Waals surface area contributed by atoms with Gasteiger partial charge in [0.15, 0.2) is 0 Å². The molecule has 2 rings (SSSR count). The largest absolute Gasteiger partial charge is 0.347 e. The average Bonchev–Trinajstić information content (AvgIpc) is 2.93. The molecule has 2 aromatic rings. The third-order valence-electron chi connectivity index (χ3n) is 3.81. The van der Waals surface area contributed by atoms with Gasteiger partial charge >= 0.3 is 0 Å². The Bertz CT molecular complexity index is 853. The van der Waals surface area contributed by atoms with Crippen LogP contribution in [0.1, 0.15) is 52.0 Å². The van der Waals surface area contributed by atoms with Gasteiger partial charge in [-0.2, -0.15) is 0 Å². The number of hydrogen-bond donors (Lipinski definition) is 2. The molecule has 0 unspecified atom stereocenters. The SMILES string of the molecule is CCc1sc(C(=O)NCc2ccc(CS(=O)(=O)NC(C)C)cc2)cc1C. The lowest BCUT2D eigenvalue weighted by Gasteiger charge is -2.10. The van der Waals surface area contributed by atoms with Crippen molar-refractivity contribution in [2.24, 2.45) is 0 Å². The molecule has 0 aliphatic heterocycles. The molecular formula is C19H26N2O3S2. The number of nitrogens with one attached hydrogen (secondary N) is 2. The van der Waals surface area contributed by atoms with E-state index >= 15 is 0 Å². The summed E-state index contributed by atoms with van der Waals surface area (Å²) in [4.78, 5) is 14.2. The van der Waals surface area contributed by atoms with E-state index < -0.39 is 10.0 Å². The zero-order valence-corrected chi connectivity index (χ0v) is 17.3. The molecule has 1 aromatic heterocycles. The van der Waals surface area contributed by atoms with Crippen molar-refractivity contribution < 1.29 is 13.2 Å². The van der Waals surface area contributed by atoms with Crippen LogP contribution in [0.3, 0.4) is 0 Å². The van der Waals surface area contributed by atoms with Gasteiger partial charge in [0.25, 0.3) is 5.91 Å². The zero-order valence-electron chi connectivity index (χ0n) is 15.6. The lowest BCUT2D eigenvalue weighted by Crippen LogP contribution is -2.31. The van der Waals surface area contributed by atoms with Crippen molar-refractivity contribution in [3.63, 3.8) is 0 Å². The number of carbonyl (C=O) groups is 1. The van der Waals surface area contributed by atoms with E-state index in [1.165, 1.54) is 16.2 Å². The van der Waals surface area contributed by atoms with Crippen LogP contribution in [0, 0.1) is 6.92 Å². The Kier molecular flexibility index (Phi) is 6.97. The van der Waals surface area contributed by atoms with Crippen molar-refractivity contribution in [2.45, 2.75) is 52.5 Å². The van der Waals surface area contributed by atoms with E-state index in [9.17, 15) is 13.2 Å². The van der Waals surface area contributed by atoms with Gasteiger partial charge in [0.2, 0.25) is 10.0 Å². The smallest absolute Gasteiger partial charge is 0.261 e. The third kappa shape index (κ3) is 5.93. The molecule has 5 nitrogen and oxygen atoms in total. The molecule has 0 fully saturated rings. The predicted molar refractivity (Wildman–Crippen MR) is 107 cm³/mol. The summed E-state index contributed by atoms with van der Waals surface area (Å²) in [6.07, 6.45) is 0.930. The van der Waals surface area contributed by atoms with Crippen molar-refractivity contribution in [3.8, 4) is 0 Å². The molecule has 0 aliphatic rings. The van der Waals surface area contributed by atoms with Crippen LogP contribution in [0.4, 0.5) is 0 Å². The minimum Gasteiger partial charge on any atom is -0.347 e.